The normalized spacial score (nSPS) is 10.8. The predicted molar refractivity (Wildman–Crippen MR) is 116 cm³/mol. The fourth-order valence-corrected chi connectivity index (χ4v) is 2.98. The topological polar surface area (TPSA) is 97.1 Å². The second kappa shape index (κ2) is 9.35. The van der Waals surface area contributed by atoms with Crippen molar-refractivity contribution in [3.63, 3.8) is 0 Å². The maximum Gasteiger partial charge on any atom is 0.227 e. The third kappa shape index (κ3) is 5.53. The molecule has 2 N–H and O–H groups in total. The summed E-state index contributed by atoms with van der Waals surface area (Å²) in [6, 6.07) is 13.5. The highest BCUT2D eigenvalue weighted by Gasteiger charge is 2.13. The molecule has 3 rings (SSSR count). The second-order valence-electron chi connectivity index (χ2n) is 7.57. The van der Waals surface area contributed by atoms with Gasteiger partial charge >= 0.3 is 0 Å². The smallest absolute Gasteiger partial charge is 0.227 e. The van der Waals surface area contributed by atoms with Gasteiger partial charge in [0.05, 0.1) is 11.4 Å². The van der Waals surface area contributed by atoms with Gasteiger partial charge in [0.1, 0.15) is 0 Å². The summed E-state index contributed by atoms with van der Waals surface area (Å²) in [7, 11) is 0. The Labute approximate surface area is 175 Å². The number of rotatable bonds is 7. The quantitative estimate of drug-likeness (QED) is 0.593. The molecular formula is C23H26N4O3. The summed E-state index contributed by atoms with van der Waals surface area (Å²) in [6.07, 6.45) is 0.506. The summed E-state index contributed by atoms with van der Waals surface area (Å²) < 4.78 is 5.29. The average Bonchev–Trinajstić information content (AvgIpc) is 3.17. The summed E-state index contributed by atoms with van der Waals surface area (Å²) in [5.74, 6) is 0.965. The van der Waals surface area contributed by atoms with E-state index in [9.17, 15) is 9.59 Å². The Hall–Kier alpha value is -3.48. The van der Waals surface area contributed by atoms with Gasteiger partial charge in [-0.15, -0.1) is 0 Å². The van der Waals surface area contributed by atoms with E-state index in [2.05, 4.69) is 46.8 Å². The Balaban J connectivity index is 1.61. The molecule has 3 aromatic rings. The largest absolute Gasteiger partial charge is 0.339 e. The van der Waals surface area contributed by atoms with Crippen molar-refractivity contribution < 1.29 is 14.1 Å². The number of aryl methyl sites for hydroxylation is 2. The number of amides is 2. The molecule has 1 heterocycles. The molecule has 0 saturated heterocycles. The molecule has 156 valence electrons. The molecule has 0 aliphatic heterocycles. The van der Waals surface area contributed by atoms with Crippen molar-refractivity contribution in [3.05, 3.63) is 59.5 Å². The monoisotopic (exact) mass is 406 g/mol. The Bertz CT molecular complexity index is 1040. The van der Waals surface area contributed by atoms with Gasteiger partial charge in [-0.1, -0.05) is 49.3 Å². The Kier molecular flexibility index (Phi) is 6.61. The number of carbonyl (C=O) groups is 2. The van der Waals surface area contributed by atoms with Crippen LogP contribution in [0.1, 0.15) is 50.1 Å². The van der Waals surface area contributed by atoms with Gasteiger partial charge in [-0.3, -0.25) is 9.59 Å². The summed E-state index contributed by atoms with van der Waals surface area (Å²) >= 11 is 0. The highest BCUT2D eigenvalue weighted by molar-refractivity contribution is 5.99. The molecule has 0 saturated carbocycles. The lowest BCUT2D eigenvalue weighted by Crippen LogP contribution is -2.15. The first-order chi connectivity index (χ1) is 14.3. The van der Waals surface area contributed by atoms with Crippen LogP contribution in [0.3, 0.4) is 0 Å². The van der Waals surface area contributed by atoms with Crippen molar-refractivity contribution in [2.75, 3.05) is 10.6 Å². The van der Waals surface area contributed by atoms with Gasteiger partial charge in [-0.2, -0.15) is 4.98 Å². The van der Waals surface area contributed by atoms with E-state index in [1.807, 2.05) is 31.2 Å². The van der Waals surface area contributed by atoms with Gasteiger partial charge in [-0.25, -0.2) is 0 Å². The highest BCUT2D eigenvalue weighted by atomic mass is 16.5. The fraction of sp³-hybridized carbons (Fsp3) is 0.304. The standard InChI is InChI=1S/C23H26N4O3/c1-14(2)17-6-8-18(9-7-17)23-26-22(30-27-23)12-11-21(29)25-20-13-15(3)5-10-19(20)24-16(4)28/h5-10,13-14H,11-12H2,1-4H3,(H,24,28)(H,25,29). The van der Waals surface area contributed by atoms with E-state index in [4.69, 9.17) is 4.52 Å². The van der Waals surface area contributed by atoms with Crippen LogP contribution < -0.4 is 10.6 Å². The van der Waals surface area contributed by atoms with Crippen molar-refractivity contribution in [1.82, 2.24) is 10.1 Å². The van der Waals surface area contributed by atoms with Crippen molar-refractivity contribution in [2.45, 2.75) is 46.5 Å². The third-order valence-corrected chi connectivity index (χ3v) is 4.63. The molecule has 0 aliphatic rings. The number of aromatic nitrogens is 2. The van der Waals surface area contributed by atoms with Crippen LogP contribution in [0.2, 0.25) is 0 Å². The van der Waals surface area contributed by atoms with E-state index in [0.29, 0.717) is 35.4 Å². The van der Waals surface area contributed by atoms with Crippen molar-refractivity contribution in [3.8, 4) is 11.4 Å². The summed E-state index contributed by atoms with van der Waals surface area (Å²) in [5.41, 5.74) is 4.22. The zero-order valence-electron chi connectivity index (χ0n) is 17.7. The lowest BCUT2D eigenvalue weighted by Gasteiger charge is -2.12. The predicted octanol–water partition coefficient (Wildman–Crippen LogP) is 4.70. The maximum absolute atomic E-state index is 12.4. The van der Waals surface area contributed by atoms with Gasteiger partial charge in [-0.05, 0) is 36.1 Å². The maximum atomic E-state index is 12.4. The Morgan fingerprint density at radius 2 is 1.77 bits per heavy atom. The highest BCUT2D eigenvalue weighted by Crippen LogP contribution is 2.24. The minimum atomic E-state index is -0.201. The summed E-state index contributed by atoms with van der Waals surface area (Å²) in [5, 5.41) is 9.57. The molecule has 30 heavy (non-hydrogen) atoms. The van der Waals surface area contributed by atoms with E-state index < -0.39 is 0 Å². The molecule has 0 unspecified atom stereocenters. The van der Waals surface area contributed by atoms with Crippen LogP contribution in [0.25, 0.3) is 11.4 Å². The van der Waals surface area contributed by atoms with E-state index in [1.165, 1.54) is 12.5 Å². The number of carbonyl (C=O) groups excluding carboxylic acids is 2. The van der Waals surface area contributed by atoms with Crippen molar-refractivity contribution >= 4 is 23.2 Å². The molecule has 0 radical (unpaired) electrons. The van der Waals surface area contributed by atoms with Crippen LogP contribution in [0.4, 0.5) is 11.4 Å². The first-order valence-corrected chi connectivity index (χ1v) is 9.93. The minimum Gasteiger partial charge on any atom is -0.339 e. The molecular weight excluding hydrogens is 380 g/mol. The van der Waals surface area contributed by atoms with Crippen LogP contribution >= 0.6 is 0 Å². The first-order valence-electron chi connectivity index (χ1n) is 9.93. The Morgan fingerprint density at radius 3 is 2.43 bits per heavy atom. The summed E-state index contributed by atoms with van der Waals surface area (Å²) in [4.78, 5) is 28.2. The van der Waals surface area contributed by atoms with Crippen molar-refractivity contribution in [1.29, 1.82) is 0 Å². The fourth-order valence-electron chi connectivity index (χ4n) is 2.98. The van der Waals surface area contributed by atoms with E-state index in [0.717, 1.165) is 11.1 Å². The van der Waals surface area contributed by atoms with E-state index in [1.54, 1.807) is 6.07 Å². The first kappa shape index (κ1) is 21.2. The molecule has 0 bridgehead atoms. The molecule has 7 nitrogen and oxygen atoms in total. The number of anilines is 2. The molecule has 0 aliphatic carbocycles. The third-order valence-electron chi connectivity index (χ3n) is 4.63. The zero-order chi connectivity index (χ0) is 21.7. The molecule has 2 aromatic carbocycles. The number of nitrogens with one attached hydrogen (secondary N) is 2. The second-order valence-corrected chi connectivity index (χ2v) is 7.57. The van der Waals surface area contributed by atoms with E-state index in [-0.39, 0.29) is 18.2 Å². The van der Waals surface area contributed by atoms with Gasteiger partial charge in [0, 0.05) is 25.3 Å². The molecule has 2 amide bonds. The molecule has 0 atom stereocenters. The average molecular weight is 406 g/mol. The molecule has 1 aromatic heterocycles. The van der Waals surface area contributed by atoms with E-state index >= 15 is 0 Å². The number of nitrogens with zero attached hydrogens (tertiary/aromatic N) is 2. The summed E-state index contributed by atoms with van der Waals surface area (Å²) in [6.45, 7) is 7.63. The number of hydrogen-bond acceptors (Lipinski definition) is 5. The molecule has 0 fully saturated rings. The number of benzene rings is 2. The van der Waals surface area contributed by atoms with Crippen LogP contribution in [-0.4, -0.2) is 22.0 Å². The van der Waals surface area contributed by atoms with Gasteiger partial charge in [0.25, 0.3) is 0 Å². The molecule has 7 heteroatoms. The SMILES string of the molecule is CC(=O)Nc1ccc(C)cc1NC(=O)CCc1nc(-c2ccc(C(C)C)cc2)no1. The van der Waals surface area contributed by atoms with Crippen molar-refractivity contribution in [2.24, 2.45) is 0 Å². The molecule has 0 spiro atoms. The van der Waals surface area contributed by atoms with Gasteiger partial charge in [0.15, 0.2) is 0 Å². The minimum absolute atomic E-state index is 0.182. The number of hydrogen-bond donors (Lipinski definition) is 2. The van der Waals surface area contributed by atoms with Crippen LogP contribution in [0.15, 0.2) is 47.0 Å². The lowest BCUT2D eigenvalue weighted by molar-refractivity contribution is -0.116. The lowest BCUT2D eigenvalue weighted by atomic mass is 10.0. The van der Waals surface area contributed by atoms with Gasteiger partial charge in [0.2, 0.25) is 23.5 Å². The Morgan fingerprint density at radius 1 is 1.03 bits per heavy atom. The zero-order valence-corrected chi connectivity index (χ0v) is 17.7. The van der Waals surface area contributed by atoms with Crippen LogP contribution in [0, 0.1) is 6.92 Å². The van der Waals surface area contributed by atoms with Crippen LogP contribution in [0.5, 0.6) is 0 Å². The van der Waals surface area contributed by atoms with Gasteiger partial charge < -0.3 is 15.2 Å². The van der Waals surface area contributed by atoms with Crippen LogP contribution in [-0.2, 0) is 16.0 Å².